The molecule has 0 aliphatic heterocycles. The highest BCUT2D eigenvalue weighted by Gasteiger charge is 2.20. The lowest BCUT2D eigenvalue weighted by Gasteiger charge is -2.22. The smallest absolute Gasteiger partial charge is 0.144 e. The van der Waals surface area contributed by atoms with E-state index in [0.717, 1.165) is 22.4 Å². The lowest BCUT2D eigenvalue weighted by molar-refractivity contribution is 0.443. The van der Waals surface area contributed by atoms with Crippen LogP contribution in [0.2, 0.25) is 19.6 Å². The molecule has 3 heteroatoms. The molecule has 0 atom stereocenters. The van der Waals surface area contributed by atoms with Gasteiger partial charge in [-0.15, -0.1) is 0 Å². The number of para-hydroxylation sites is 1. The Kier molecular flexibility index (Phi) is 4.58. The maximum atomic E-state index is 6.44. The maximum absolute atomic E-state index is 6.44. The van der Waals surface area contributed by atoms with E-state index in [9.17, 15) is 0 Å². The Bertz CT molecular complexity index is 1180. The average molecular weight is 400 g/mol. The predicted molar refractivity (Wildman–Crippen MR) is 126 cm³/mol. The van der Waals surface area contributed by atoms with Crippen LogP contribution < -0.4 is 5.19 Å². The first kappa shape index (κ1) is 18.6. The Morgan fingerprint density at radius 2 is 1.72 bits per heavy atom. The Labute approximate surface area is 174 Å². The summed E-state index contributed by atoms with van der Waals surface area (Å²) in [4.78, 5) is 4.73. The summed E-state index contributed by atoms with van der Waals surface area (Å²) in [6.45, 7) is 7.13. The normalized spacial score (nSPS) is 16.0. The summed E-state index contributed by atoms with van der Waals surface area (Å²) in [6, 6.07) is 17.7. The van der Waals surface area contributed by atoms with Gasteiger partial charge in [0, 0.05) is 22.5 Å². The molecule has 2 heterocycles. The molecule has 0 bridgehead atoms. The number of hydrogen-bond acceptors (Lipinski definition) is 2. The molecule has 1 saturated carbocycles. The first-order valence-corrected chi connectivity index (χ1v) is 14.4. The second-order valence-electron chi connectivity index (χ2n) is 9.55. The second-order valence-corrected chi connectivity index (χ2v) is 14.6. The molecule has 0 radical (unpaired) electrons. The molecule has 4 aromatic rings. The molecule has 0 unspecified atom stereocenters. The van der Waals surface area contributed by atoms with Gasteiger partial charge in [-0.25, -0.2) is 0 Å². The van der Waals surface area contributed by atoms with E-state index >= 15 is 0 Å². The van der Waals surface area contributed by atoms with Crippen molar-refractivity contribution in [3.63, 3.8) is 0 Å². The lowest BCUT2D eigenvalue weighted by Crippen LogP contribution is -2.37. The highest BCUT2D eigenvalue weighted by Crippen LogP contribution is 2.37. The third kappa shape index (κ3) is 3.42. The molecule has 2 nitrogen and oxygen atoms in total. The van der Waals surface area contributed by atoms with Crippen LogP contribution in [0.4, 0.5) is 0 Å². The molecule has 0 N–H and O–H groups in total. The van der Waals surface area contributed by atoms with Crippen molar-refractivity contribution in [2.75, 3.05) is 0 Å². The van der Waals surface area contributed by atoms with Gasteiger partial charge >= 0.3 is 0 Å². The van der Waals surface area contributed by atoms with Crippen LogP contribution in [-0.2, 0) is 0 Å². The molecule has 29 heavy (non-hydrogen) atoms. The van der Waals surface area contributed by atoms with Crippen molar-refractivity contribution in [3.8, 4) is 11.3 Å². The van der Waals surface area contributed by atoms with Crippen molar-refractivity contribution in [2.45, 2.75) is 57.7 Å². The quantitative estimate of drug-likeness (QED) is 0.339. The molecular formula is C26H29NOSi. The highest BCUT2D eigenvalue weighted by molar-refractivity contribution is 6.88. The third-order valence-corrected chi connectivity index (χ3v) is 8.54. The molecule has 2 aromatic carbocycles. The summed E-state index contributed by atoms with van der Waals surface area (Å²) < 4.78 is 6.44. The molecule has 5 rings (SSSR count). The first-order valence-electron chi connectivity index (χ1n) is 10.9. The van der Waals surface area contributed by atoms with E-state index in [1.807, 2.05) is 6.20 Å². The molecule has 148 valence electrons. The van der Waals surface area contributed by atoms with Gasteiger partial charge in [-0.1, -0.05) is 68.4 Å². The fourth-order valence-corrected chi connectivity index (χ4v) is 5.90. The number of nitrogens with zero attached hydrogens (tertiary/aromatic N) is 1. The van der Waals surface area contributed by atoms with Crippen LogP contribution in [0.5, 0.6) is 0 Å². The van der Waals surface area contributed by atoms with Gasteiger partial charge in [-0.3, -0.25) is 4.98 Å². The minimum absolute atomic E-state index is 0.680. The van der Waals surface area contributed by atoms with Crippen molar-refractivity contribution in [2.24, 2.45) is 0 Å². The van der Waals surface area contributed by atoms with Crippen molar-refractivity contribution in [1.29, 1.82) is 0 Å². The summed E-state index contributed by atoms with van der Waals surface area (Å²) in [5, 5.41) is 3.82. The Hall–Kier alpha value is -2.39. The monoisotopic (exact) mass is 399 g/mol. The van der Waals surface area contributed by atoms with Gasteiger partial charge in [0.05, 0.1) is 13.8 Å². The SMILES string of the molecule is C[Si](C)(C)c1ccc2c(c1)oc1c(-c3cc(C4CCCCC4)ccn3)cccc12. The number of aromatic nitrogens is 1. The summed E-state index contributed by atoms with van der Waals surface area (Å²) in [5.41, 5.74) is 5.53. The van der Waals surface area contributed by atoms with Gasteiger partial charge in [0.15, 0.2) is 0 Å². The minimum Gasteiger partial charge on any atom is -0.455 e. The van der Waals surface area contributed by atoms with Crippen LogP contribution in [0.25, 0.3) is 33.2 Å². The zero-order valence-corrected chi connectivity index (χ0v) is 18.7. The van der Waals surface area contributed by atoms with E-state index in [4.69, 9.17) is 9.40 Å². The van der Waals surface area contributed by atoms with Crippen LogP contribution in [0, 0.1) is 0 Å². The molecule has 0 amide bonds. The van der Waals surface area contributed by atoms with Crippen LogP contribution in [-0.4, -0.2) is 13.1 Å². The molecule has 1 aliphatic carbocycles. The minimum atomic E-state index is -1.38. The third-order valence-electron chi connectivity index (χ3n) is 6.50. The van der Waals surface area contributed by atoms with E-state index in [2.05, 4.69) is 68.2 Å². The largest absolute Gasteiger partial charge is 0.455 e. The lowest BCUT2D eigenvalue weighted by atomic mass is 9.84. The van der Waals surface area contributed by atoms with Gasteiger partial charge < -0.3 is 4.42 Å². The molecule has 0 spiro atoms. The van der Waals surface area contributed by atoms with E-state index in [1.165, 1.54) is 53.6 Å². The van der Waals surface area contributed by atoms with Crippen molar-refractivity contribution < 1.29 is 4.42 Å². The number of benzene rings is 2. The van der Waals surface area contributed by atoms with E-state index < -0.39 is 8.07 Å². The molecule has 1 fully saturated rings. The van der Waals surface area contributed by atoms with Crippen LogP contribution >= 0.6 is 0 Å². The zero-order chi connectivity index (χ0) is 20.0. The summed E-state index contributed by atoms with van der Waals surface area (Å²) in [6.07, 6.45) is 8.66. The fraction of sp³-hybridized carbons (Fsp3) is 0.346. The van der Waals surface area contributed by atoms with Gasteiger partial charge in [-0.05, 0) is 48.6 Å². The fourth-order valence-electron chi connectivity index (χ4n) is 4.75. The molecule has 2 aromatic heterocycles. The molecular weight excluding hydrogens is 370 g/mol. The maximum Gasteiger partial charge on any atom is 0.144 e. The summed E-state index contributed by atoms with van der Waals surface area (Å²) in [7, 11) is -1.38. The number of rotatable bonds is 3. The van der Waals surface area contributed by atoms with Gasteiger partial charge in [0.1, 0.15) is 11.2 Å². The van der Waals surface area contributed by atoms with Crippen molar-refractivity contribution >= 4 is 35.2 Å². The van der Waals surface area contributed by atoms with E-state index in [-0.39, 0.29) is 0 Å². The Morgan fingerprint density at radius 1 is 0.897 bits per heavy atom. The van der Waals surface area contributed by atoms with Gasteiger partial charge in [-0.2, -0.15) is 0 Å². The topological polar surface area (TPSA) is 26.0 Å². The van der Waals surface area contributed by atoms with Gasteiger partial charge in [0.25, 0.3) is 0 Å². The second kappa shape index (κ2) is 7.14. The summed E-state index contributed by atoms with van der Waals surface area (Å²) in [5.74, 6) is 0.680. The highest BCUT2D eigenvalue weighted by atomic mass is 28.3. The van der Waals surface area contributed by atoms with E-state index in [0.29, 0.717) is 5.92 Å². The van der Waals surface area contributed by atoms with Crippen molar-refractivity contribution in [1.82, 2.24) is 4.98 Å². The number of hydrogen-bond donors (Lipinski definition) is 0. The zero-order valence-electron chi connectivity index (χ0n) is 17.7. The number of fused-ring (bicyclic) bond motifs is 3. The van der Waals surface area contributed by atoms with Gasteiger partial charge in [0.2, 0.25) is 0 Å². The summed E-state index contributed by atoms with van der Waals surface area (Å²) >= 11 is 0. The number of pyridine rings is 1. The molecule has 1 aliphatic rings. The average Bonchev–Trinajstić information content (AvgIpc) is 3.12. The van der Waals surface area contributed by atoms with Crippen LogP contribution in [0.15, 0.2) is 59.1 Å². The van der Waals surface area contributed by atoms with E-state index in [1.54, 1.807) is 0 Å². The number of furan rings is 1. The first-order chi connectivity index (χ1) is 14.0. The van der Waals surface area contributed by atoms with Crippen molar-refractivity contribution in [3.05, 3.63) is 60.3 Å². The molecule has 0 saturated heterocycles. The Morgan fingerprint density at radius 3 is 2.52 bits per heavy atom. The van der Waals surface area contributed by atoms with Crippen LogP contribution in [0.3, 0.4) is 0 Å². The standard InChI is InChI=1S/C26H29NOSi/c1-29(2,3)20-12-13-21-22-10-7-11-23(26(22)28-25(21)17-20)24-16-19(14-15-27-24)18-8-5-4-6-9-18/h7,10-18H,4-6,8-9H2,1-3H3. The predicted octanol–water partition coefficient (Wildman–Crippen LogP) is 7.24. The Balaban J connectivity index is 1.64. The van der Waals surface area contributed by atoms with Crippen LogP contribution in [0.1, 0.15) is 43.6 Å².